The van der Waals surface area contributed by atoms with E-state index in [9.17, 15) is 10.1 Å². The number of aromatic nitrogens is 3. The number of pyridine rings is 1. The molecule has 0 spiro atoms. The molecule has 154 valence electrons. The molecule has 1 aromatic carbocycles. The lowest BCUT2D eigenvalue weighted by atomic mass is 10.1. The summed E-state index contributed by atoms with van der Waals surface area (Å²) in [6.07, 6.45) is 7.90. The lowest BCUT2D eigenvalue weighted by Gasteiger charge is -2.23. The molecule has 7 heteroatoms. The number of allylic oxidation sites excluding steroid dienone is 1. The maximum Gasteiger partial charge on any atom is 0.267 e. The Hall–Kier alpha value is -3.50. The van der Waals surface area contributed by atoms with Crippen molar-refractivity contribution < 1.29 is 0 Å². The molecule has 0 atom stereocenters. The largest absolute Gasteiger partial charge is 0.356 e. The van der Waals surface area contributed by atoms with E-state index >= 15 is 0 Å². The molecule has 0 N–H and O–H groups in total. The van der Waals surface area contributed by atoms with Crippen molar-refractivity contribution >= 4 is 44.7 Å². The third kappa shape index (κ3) is 3.71. The zero-order valence-corrected chi connectivity index (χ0v) is 17.8. The lowest BCUT2D eigenvalue weighted by Crippen LogP contribution is -2.30. The molecule has 4 aromatic rings. The topological polar surface area (TPSA) is 74.3 Å². The molecule has 5 rings (SSSR count). The summed E-state index contributed by atoms with van der Waals surface area (Å²) in [5.74, 6) is 0.659. The average molecular weight is 428 g/mol. The predicted octanol–water partition coefficient (Wildman–Crippen LogP) is 4.75. The maximum atomic E-state index is 13.5. The summed E-state index contributed by atoms with van der Waals surface area (Å²) in [5, 5.41) is 10.5. The van der Waals surface area contributed by atoms with Crippen molar-refractivity contribution in [1.29, 1.82) is 5.26 Å². The van der Waals surface area contributed by atoms with Gasteiger partial charge in [0.2, 0.25) is 0 Å². The van der Waals surface area contributed by atoms with E-state index in [1.165, 1.54) is 24.2 Å². The SMILES string of the molecule is N#C/C(=C\c1c(N2CCCCCC2)nc2ccccn2c1=O)c1nc2ccccc2s1. The molecule has 0 radical (unpaired) electrons. The Morgan fingerprint density at radius 2 is 1.81 bits per heavy atom. The van der Waals surface area contributed by atoms with Gasteiger partial charge in [-0.15, -0.1) is 11.3 Å². The van der Waals surface area contributed by atoms with Crippen LogP contribution < -0.4 is 10.5 Å². The molecular weight excluding hydrogens is 406 g/mol. The molecule has 3 aromatic heterocycles. The van der Waals surface area contributed by atoms with Gasteiger partial charge >= 0.3 is 0 Å². The van der Waals surface area contributed by atoms with E-state index < -0.39 is 0 Å². The molecule has 0 amide bonds. The van der Waals surface area contributed by atoms with Crippen LogP contribution >= 0.6 is 11.3 Å². The number of nitriles is 1. The van der Waals surface area contributed by atoms with Crippen LogP contribution in [0, 0.1) is 11.3 Å². The number of anilines is 1. The Morgan fingerprint density at radius 1 is 1.03 bits per heavy atom. The van der Waals surface area contributed by atoms with Gasteiger partial charge in [-0.25, -0.2) is 9.97 Å². The standard InChI is InChI=1S/C24H21N5OS/c25-16-17(23-26-19-9-3-4-10-20(19)31-23)15-18-22(28-12-6-1-2-7-13-28)27-21-11-5-8-14-29(21)24(18)30/h3-5,8-11,14-15H,1-2,6-7,12-13H2/b17-15+. The van der Waals surface area contributed by atoms with E-state index in [1.54, 1.807) is 16.7 Å². The van der Waals surface area contributed by atoms with Gasteiger partial charge in [0.25, 0.3) is 5.56 Å². The second kappa shape index (κ2) is 8.32. The zero-order valence-electron chi connectivity index (χ0n) is 17.0. The smallest absolute Gasteiger partial charge is 0.267 e. The predicted molar refractivity (Wildman–Crippen MR) is 125 cm³/mol. The Morgan fingerprint density at radius 3 is 2.58 bits per heavy atom. The van der Waals surface area contributed by atoms with Crippen LogP contribution in [0.2, 0.25) is 0 Å². The summed E-state index contributed by atoms with van der Waals surface area (Å²) in [6, 6.07) is 15.6. The number of thiazole rings is 1. The van der Waals surface area contributed by atoms with Gasteiger partial charge < -0.3 is 4.90 Å². The summed E-state index contributed by atoms with van der Waals surface area (Å²) in [5.41, 5.74) is 2.12. The van der Waals surface area contributed by atoms with E-state index in [2.05, 4.69) is 16.0 Å². The van der Waals surface area contributed by atoms with Crippen LogP contribution in [0.4, 0.5) is 5.82 Å². The minimum atomic E-state index is -0.168. The summed E-state index contributed by atoms with van der Waals surface area (Å²) < 4.78 is 2.56. The van der Waals surface area contributed by atoms with Crippen LogP contribution in [0.5, 0.6) is 0 Å². The summed E-state index contributed by atoms with van der Waals surface area (Å²) >= 11 is 1.46. The Labute approximate surface area is 183 Å². The van der Waals surface area contributed by atoms with E-state index in [-0.39, 0.29) is 5.56 Å². The molecular formula is C24H21N5OS. The molecule has 0 saturated carbocycles. The fourth-order valence-electron chi connectivity index (χ4n) is 4.01. The van der Waals surface area contributed by atoms with Crippen molar-refractivity contribution in [3.63, 3.8) is 0 Å². The van der Waals surface area contributed by atoms with Gasteiger partial charge in [-0.05, 0) is 43.2 Å². The third-order valence-corrected chi connectivity index (χ3v) is 6.66. The van der Waals surface area contributed by atoms with Crippen molar-refractivity contribution in [2.75, 3.05) is 18.0 Å². The molecule has 1 aliphatic heterocycles. The van der Waals surface area contributed by atoms with Gasteiger partial charge in [0.15, 0.2) is 0 Å². The van der Waals surface area contributed by atoms with E-state index in [0.717, 1.165) is 36.1 Å². The minimum absolute atomic E-state index is 0.168. The third-order valence-electron chi connectivity index (χ3n) is 5.59. The number of nitrogens with zero attached hydrogens (tertiary/aromatic N) is 5. The fourth-order valence-corrected chi connectivity index (χ4v) is 4.95. The molecule has 0 unspecified atom stereocenters. The summed E-state index contributed by atoms with van der Waals surface area (Å²) in [6.45, 7) is 1.72. The van der Waals surface area contributed by atoms with Crippen LogP contribution in [-0.2, 0) is 0 Å². The highest BCUT2D eigenvalue weighted by atomic mass is 32.1. The van der Waals surface area contributed by atoms with Crippen molar-refractivity contribution in [1.82, 2.24) is 14.4 Å². The van der Waals surface area contributed by atoms with Crippen LogP contribution in [0.1, 0.15) is 36.3 Å². The summed E-state index contributed by atoms with van der Waals surface area (Å²) in [4.78, 5) is 25.1. The van der Waals surface area contributed by atoms with E-state index in [1.807, 2.05) is 42.5 Å². The van der Waals surface area contributed by atoms with Crippen molar-refractivity contribution in [3.05, 3.63) is 69.6 Å². The second-order valence-electron chi connectivity index (χ2n) is 7.64. The first-order chi connectivity index (χ1) is 15.2. The maximum absolute atomic E-state index is 13.5. The number of hydrogen-bond acceptors (Lipinski definition) is 6. The van der Waals surface area contributed by atoms with E-state index in [0.29, 0.717) is 27.6 Å². The highest BCUT2D eigenvalue weighted by Crippen LogP contribution is 2.29. The molecule has 0 aliphatic carbocycles. The molecule has 1 aliphatic rings. The van der Waals surface area contributed by atoms with Gasteiger partial charge in [0, 0.05) is 19.3 Å². The fraction of sp³-hybridized carbons (Fsp3) is 0.250. The number of fused-ring (bicyclic) bond motifs is 2. The van der Waals surface area contributed by atoms with Crippen LogP contribution in [0.3, 0.4) is 0 Å². The molecule has 31 heavy (non-hydrogen) atoms. The molecule has 4 heterocycles. The monoisotopic (exact) mass is 427 g/mol. The second-order valence-corrected chi connectivity index (χ2v) is 8.67. The highest BCUT2D eigenvalue weighted by molar-refractivity contribution is 7.19. The van der Waals surface area contributed by atoms with Crippen molar-refractivity contribution in [2.24, 2.45) is 0 Å². The Kier molecular flexibility index (Phi) is 5.23. The van der Waals surface area contributed by atoms with Crippen LogP contribution in [-0.4, -0.2) is 27.5 Å². The van der Waals surface area contributed by atoms with E-state index in [4.69, 9.17) is 4.98 Å². The lowest BCUT2D eigenvalue weighted by molar-refractivity contribution is 0.726. The van der Waals surface area contributed by atoms with Gasteiger partial charge in [-0.1, -0.05) is 31.0 Å². The molecule has 1 saturated heterocycles. The van der Waals surface area contributed by atoms with Crippen molar-refractivity contribution in [2.45, 2.75) is 25.7 Å². The van der Waals surface area contributed by atoms with Crippen LogP contribution in [0.15, 0.2) is 53.5 Å². The Balaban J connectivity index is 1.71. The first-order valence-corrected chi connectivity index (χ1v) is 11.3. The first-order valence-electron chi connectivity index (χ1n) is 10.5. The molecule has 0 bridgehead atoms. The summed E-state index contributed by atoms with van der Waals surface area (Å²) in [7, 11) is 0. The average Bonchev–Trinajstić information content (AvgIpc) is 3.04. The Bertz CT molecular complexity index is 1350. The van der Waals surface area contributed by atoms with Gasteiger partial charge in [0.1, 0.15) is 22.5 Å². The number of para-hydroxylation sites is 1. The number of rotatable bonds is 3. The van der Waals surface area contributed by atoms with Crippen LogP contribution in [0.25, 0.3) is 27.5 Å². The van der Waals surface area contributed by atoms with Gasteiger partial charge in [-0.2, -0.15) is 5.26 Å². The number of benzene rings is 1. The van der Waals surface area contributed by atoms with Crippen molar-refractivity contribution in [3.8, 4) is 6.07 Å². The zero-order chi connectivity index (χ0) is 21.2. The first kappa shape index (κ1) is 19.5. The quantitative estimate of drug-likeness (QED) is 0.441. The number of hydrogen-bond donors (Lipinski definition) is 0. The highest BCUT2D eigenvalue weighted by Gasteiger charge is 2.20. The van der Waals surface area contributed by atoms with Gasteiger partial charge in [-0.3, -0.25) is 9.20 Å². The molecule has 1 fully saturated rings. The minimum Gasteiger partial charge on any atom is -0.356 e. The molecule has 6 nitrogen and oxygen atoms in total. The van der Waals surface area contributed by atoms with Gasteiger partial charge in [0.05, 0.1) is 21.4 Å². The normalized spacial score (nSPS) is 15.2.